The van der Waals surface area contributed by atoms with Gasteiger partial charge in [0.25, 0.3) is 10.0 Å². The van der Waals surface area contributed by atoms with Crippen molar-refractivity contribution >= 4 is 53.7 Å². The molecule has 0 radical (unpaired) electrons. The zero-order valence-corrected chi connectivity index (χ0v) is 13.3. The first-order chi connectivity index (χ1) is 9.85. The number of hydrazine groups is 1. The molecule has 0 saturated heterocycles. The predicted octanol–water partition coefficient (Wildman–Crippen LogP) is 1.90. The Hall–Kier alpha value is -1.76. The number of nitro groups is 1. The smallest absolute Gasteiger partial charge is 0.306 e. The number of nitrogens with one attached hydrogen (secondary N) is 2. The van der Waals surface area contributed by atoms with Gasteiger partial charge in [0.05, 0.1) is 15.1 Å². The van der Waals surface area contributed by atoms with E-state index in [1.165, 1.54) is 18.5 Å². The maximum Gasteiger partial charge on any atom is 0.306 e. The molecule has 21 heavy (non-hydrogen) atoms. The molecule has 0 unspecified atom stereocenters. The summed E-state index contributed by atoms with van der Waals surface area (Å²) in [7, 11) is -3.97. The molecule has 0 saturated carbocycles. The van der Waals surface area contributed by atoms with Crippen LogP contribution in [0.2, 0.25) is 0 Å². The van der Waals surface area contributed by atoms with Gasteiger partial charge < -0.3 is 5.43 Å². The first-order valence-electron chi connectivity index (χ1n) is 5.22. The molecule has 4 N–H and O–H groups in total. The zero-order valence-electron chi connectivity index (χ0n) is 10.1. The van der Waals surface area contributed by atoms with Gasteiger partial charge in [0.15, 0.2) is 5.00 Å². The van der Waals surface area contributed by atoms with Crippen molar-refractivity contribution in [3.8, 4) is 0 Å². The number of nitrogens with two attached hydrogens (primary N) is 1. The lowest BCUT2D eigenvalue weighted by Crippen LogP contribution is -2.12. The highest BCUT2D eigenvalue weighted by atomic mass is 79.9. The Balaban J connectivity index is 2.41. The van der Waals surface area contributed by atoms with Crippen LogP contribution in [0.5, 0.6) is 0 Å². The zero-order chi connectivity index (χ0) is 15.6. The largest absolute Gasteiger partial charge is 0.310 e. The maximum absolute atomic E-state index is 12.2. The summed E-state index contributed by atoms with van der Waals surface area (Å²) in [5.74, 6) is 5.15. The van der Waals surface area contributed by atoms with Crippen LogP contribution in [0.15, 0.2) is 33.2 Å². The number of halogens is 1. The molecule has 2 heterocycles. The summed E-state index contributed by atoms with van der Waals surface area (Å²) >= 11 is 3.81. The summed E-state index contributed by atoms with van der Waals surface area (Å²) in [5.41, 5.74) is 1.97. The average Bonchev–Trinajstić information content (AvgIpc) is 2.86. The molecule has 112 valence electrons. The van der Waals surface area contributed by atoms with E-state index in [0.717, 1.165) is 6.07 Å². The fraction of sp³-hybridized carbons (Fsp3) is 0. The highest BCUT2D eigenvalue weighted by Gasteiger charge is 2.26. The first kappa shape index (κ1) is 15.6. The van der Waals surface area contributed by atoms with Crippen LogP contribution in [-0.2, 0) is 10.0 Å². The summed E-state index contributed by atoms with van der Waals surface area (Å²) in [4.78, 5) is 13.9. The van der Waals surface area contributed by atoms with Crippen molar-refractivity contribution in [3.63, 3.8) is 0 Å². The normalized spacial score (nSPS) is 11.1. The molecule has 9 nitrogen and oxygen atoms in total. The van der Waals surface area contributed by atoms with E-state index >= 15 is 0 Å². The van der Waals surface area contributed by atoms with Crippen LogP contribution in [0.25, 0.3) is 0 Å². The third kappa shape index (κ3) is 3.29. The van der Waals surface area contributed by atoms with Gasteiger partial charge in [-0.1, -0.05) is 11.3 Å². The van der Waals surface area contributed by atoms with Crippen LogP contribution in [0, 0.1) is 10.1 Å². The Kier molecular flexibility index (Phi) is 4.41. The van der Waals surface area contributed by atoms with Gasteiger partial charge in [-0.3, -0.25) is 19.8 Å². The van der Waals surface area contributed by atoms with Crippen LogP contribution < -0.4 is 16.0 Å². The molecular formula is C9H8BrN5O4S2. The van der Waals surface area contributed by atoms with Crippen LogP contribution in [0.3, 0.4) is 0 Å². The number of hydrogen-bond donors (Lipinski definition) is 3. The molecule has 0 aliphatic carbocycles. The summed E-state index contributed by atoms with van der Waals surface area (Å²) in [6.07, 6.45) is 2.83. The third-order valence-electron chi connectivity index (χ3n) is 2.30. The Labute approximate surface area is 131 Å². The van der Waals surface area contributed by atoms with Gasteiger partial charge in [-0.05, 0) is 22.0 Å². The SMILES string of the molecule is NNc1sc(S(=O)(=O)Nc2ccncc2Br)cc1[N+](=O)[O-]. The molecule has 0 fully saturated rings. The summed E-state index contributed by atoms with van der Waals surface area (Å²) in [6.45, 7) is 0. The second-order valence-corrected chi connectivity index (χ2v) is 7.46. The predicted molar refractivity (Wildman–Crippen MR) is 81.5 cm³/mol. The molecule has 0 bridgehead atoms. The quantitative estimate of drug-likeness (QED) is 0.400. The van der Waals surface area contributed by atoms with E-state index < -0.39 is 20.6 Å². The third-order valence-corrected chi connectivity index (χ3v) is 5.83. The summed E-state index contributed by atoms with van der Waals surface area (Å²) in [6, 6.07) is 2.39. The van der Waals surface area contributed by atoms with Gasteiger partial charge in [-0.15, -0.1) is 0 Å². The molecule has 0 atom stereocenters. The fourth-order valence-electron chi connectivity index (χ4n) is 1.38. The van der Waals surface area contributed by atoms with Gasteiger partial charge >= 0.3 is 5.69 Å². The summed E-state index contributed by atoms with van der Waals surface area (Å²) in [5, 5.41) is 10.8. The molecule has 0 amide bonds. The second-order valence-electron chi connectivity index (χ2n) is 3.64. The monoisotopic (exact) mass is 393 g/mol. The average molecular weight is 394 g/mol. The van der Waals surface area contributed by atoms with Crippen LogP contribution in [-0.4, -0.2) is 18.3 Å². The number of hydrogen-bond acceptors (Lipinski definition) is 8. The van der Waals surface area contributed by atoms with E-state index in [1.807, 2.05) is 0 Å². The Morgan fingerprint density at radius 1 is 1.48 bits per heavy atom. The number of nitrogen functional groups attached to an aromatic ring is 1. The number of nitrogens with zero attached hydrogens (tertiary/aromatic N) is 2. The van der Waals surface area contributed by atoms with E-state index in [-0.39, 0.29) is 14.9 Å². The molecular weight excluding hydrogens is 386 g/mol. The van der Waals surface area contributed by atoms with Gasteiger partial charge in [-0.25, -0.2) is 14.3 Å². The van der Waals surface area contributed by atoms with Crippen molar-refractivity contribution in [2.75, 3.05) is 10.1 Å². The van der Waals surface area contributed by atoms with E-state index in [4.69, 9.17) is 5.84 Å². The minimum Gasteiger partial charge on any atom is -0.310 e. The lowest BCUT2D eigenvalue weighted by Gasteiger charge is -2.06. The second kappa shape index (κ2) is 5.93. The standard InChI is InChI=1S/C9H8BrN5O4S2/c10-5-4-12-2-1-6(5)14-21(18,19)8-3-7(15(16)17)9(13-11)20-8/h1-4,13H,11H2,(H,12,14). The van der Waals surface area contributed by atoms with Gasteiger partial charge in [0, 0.05) is 18.5 Å². The molecule has 2 aromatic heterocycles. The Bertz CT molecular complexity index is 791. The lowest BCUT2D eigenvalue weighted by atomic mass is 10.4. The van der Waals surface area contributed by atoms with Gasteiger partial charge in [-0.2, -0.15) is 0 Å². The van der Waals surface area contributed by atoms with Crippen molar-refractivity contribution in [3.05, 3.63) is 39.1 Å². The van der Waals surface area contributed by atoms with E-state index in [1.54, 1.807) is 0 Å². The fourth-order valence-corrected chi connectivity index (χ4v) is 4.18. The molecule has 0 aliphatic heterocycles. The minimum absolute atomic E-state index is 0.0471. The summed E-state index contributed by atoms with van der Waals surface area (Å²) < 4.78 is 27.0. The van der Waals surface area contributed by atoms with Crippen molar-refractivity contribution in [1.82, 2.24) is 4.98 Å². The number of rotatable bonds is 5. The van der Waals surface area contributed by atoms with Crippen molar-refractivity contribution < 1.29 is 13.3 Å². The minimum atomic E-state index is -3.97. The van der Waals surface area contributed by atoms with E-state index in [0.29, 0.717) is 15.8 Å². The molecule has 0 aliphatic rings. The van der Waals surface area contributed by atoms with Crippen LogP contribution >= 0.6 is 27.3 Å². The highest BCUT2D eigenvalue weighted by Crippen LogP contribution is 2.37. The number of anilines is 2. The van der Waals surface area contributed by atoms with Crippen LogP contribution in [0.1, 0.15) is 0 Å². The Morgan fingerprint density at radius 3 is 2.71 bits per heavy atom. The molecule has 2 rings (SSSR count). The lowest BCUT2D eigenvalue weighted by molar-refractivity contribution is -0.383. The topological polar surface area (TPSA) is 140 Å². The highest BCUT2D eigenvalue weighted by molar-refractivity contribution is 9.10. The molecule has 12 heteroatoms. The first-order valence-corrected chi connectivity index (χ1v) is 8.31. The van der Waals surface area contributed by atoms with E-state index in [9.17, 15) is 18.5 Å². The maximum atomic E-state index is 12.2. The molecule has 0 aromatic carbocycles. The van der Waals surface area contributed by atoms with Gasteiger partial charge in [0.2, 0.25) is 0 Å². The van der Waals surface area contributed by atoms with E-state index in [2.05, 4.69) is 31.1 Å². The van der Waals surface area contributed by atoms with Crippen molar-refractivity contribution in [1.29, 1.82) is 0 Å². The number of thiophene rings is 1. The van der Waals surface area contributed by atoms with Crippen molar-refractivity contribution in [2.24, 2.45) is 5.84 Å². The van der Waals surface area contributed by atoms with Crippen LogP contribution in [0.4, 0.5) is 16.4 Å². The molecule has 2 aromatic rings. The van der Waals surface area contributed by atoms with Gasteiger partial charge in [0.1, 0.15) is 4.21 Å². The number of sulfonamides is 1. The number of aromatic nitrogens is 1. The molecule has 0 spiro atoms. The number of pyridine rings is 1. The van der Waals surface area contributed by atoms with Crippen molar-refractivity contribution in [2.45, 2.75) is 4.21 Å². The Morgan fingerprint density at radius 2 is 2.19 bits per heavy atom.